The first-order chi connectivity index (χ1) is 13.4. The number of carbonyl (C=O) groups excluding carboxylic acids is 2. The number of pyridine rings is 1. The van der Waals surface area contributed by atoms with Gasteiger partial charge in [0.15, 0.2) is 21.3 Å². The molecule has 158 valence electrons. The maximum Gasteiger partial charge on any atom is 0.328 e. The molecule has 3 heterocycles. The summed E-state index contributed by atoms with van der Waals surface area (Å²) < 4.78 is 30.1. The monoisotopic (exact) mass is 424 g/mol. The molecule has 0 unspecified atom stereocenters. The normalized spacial score (nSPS) is 27.8. The first-order valence-corrected chi connectivity index (χ1v) is 10.8. The Morgan fingerprint density at radius 1 is 1.31 bits per heavy atom. The van der Waals surface area contributed by atoms with E-state index in [1.807, 2.05) is 13.8 Å². The second kappa shape index (κ2) is 7.08. The summed E-state index contributed by atoms with van der Waals surface area (Å²) in [4.78, 5) is 42.0. The fourth-order valence-electron chi connectivity index (χ4n) is 4.01. The fourth-order valence-corrected chi connectivity index (χ4v) is 6.33. The zero-order valence-electron chi connectivity index (χ0n) is 16.6. The Morgan fingerprint density at radius 3 is 2.48 bits per heavy atom. The number of carbonyl (C=O) groups is 3. The van der Waals surface area contributed by atoms with Gasteiger partial charge in [-0.25, -0.2) is 13.2 Å². The molecule has 2 saturated heterocycles. The largest absolute Gasteiger partial charge is 0.480 e. The highest BCUT2D eigenvalue weighted by Gasteiger charge is 2.74. The molecule has 0 aromatic carbocycles. The number of fused-ring (bicyclic) bond motifs is 1. The third-order valence-electron chi connectivity index (χ3n) is 5.48. The molecule has 10 heteroatoms. The number of aromatic nitrogens is 1. The number of esters is 1. The number of hydrogen-bond donors (Lipinski definition) is 1. The third kappa shape index (κ3) is 3.19. The Labute approximate surface area is 169 Å². The van der Waals surface area contributed by atoms with Crippen LogP contribution >= 0.6 is 0 Å². The minimum absolute atomic E-state index is 0.00557. The molecule has 2 aliphatic rings. The lowest BCUT2D eigenvalue weighted by Gasteiger charge is -2.45. The van der Waals surface area contributed by atoms with Crippen molar-refractivity contribution in [2.24, 2.45) is 11.8 Å². The molecule has 4 atom stereocenters. The lowest BCUT2D eigenvalue weighted by atomic mass is 9.86. The lowest BCUT2D eigenvalue weighted by molar-refractivity contribution is -0.177. The summed E-state index contributed by atoms with van der Waals surface area (Å²) in [7, 11) is -4.05. The van der Waals surface area contributed by atoms with Crippen LogP contribution in [0.3, 0.4) is 0 Å². The van der Waals surface area contributed by atoms with Crippen LogP contribution in [0.1, 0.15) is 45.9 Å². The Kier molecular flexibility index (Phi) is 5.18. The lowest BCUT2D eigenvalue weighted by Crippen LogP contribution is -2.65. The predicted octanol–water partition coefficient (Wildman–Crippen LogP) is 1.16. The van der Waals surface area contributed by atoms with Crippen LogP contribution in [0.5, 0.6) is 0 Å². The number of carboxylic acid groups (broad SMARTS) is 1. The average Bonchev–Trinajstić information content (AvgIpc) is 2.75. The quantitative estimate of drug-likeness (QED) is 0.532. The van der Waals surface area contributed by atoms with Gasteiger partial charge >= 0.3 is 11.9 Å². The van der Waals surface area contributed by atoms with E-state index >= 15 is 0 Å². The van der Waals surface area contributed by atoms with E-state index in [-0.39, 0.29) is 18.0 Å². The molecule has 0 saturated carbocycles. The SMILES string of the molecule is CC(C)CC(=O)O[C@@H](c1ccccn1)[C@@H]1C(=O)N2[C@@H](C(=O)O)C(C)(C)S(=O)(=O)[C@H]12. The molecule has 0 spiro atoms. The van der Waals surface area contributed by atoms with Gasteiger partial charge in [0.2, 0.25) is 5.91 Å². The van der Waals surface area contributed by atoms with Gasteiger partial charge in [-0.3, -0.25) is 14.6 Å². The van der Waals surface area contributed by atoms with Gasteiger partial charge < -0.3 is 14.7 Å². The predicted molar refractivity (Wildman–Crippen MR) is 101 cm³/mol. The van der Waals surface area contributed by atoms with Gasteiger partial charge in [-0.1, -0.05) is 19.9 Å². The van der Waals surface area contributed by atoms with Crippen molar-refractivity contribution < 1.29 is 32.6 Å². The molecule has 1 N–H and O–H groups in total. The van der Waals surface area contributed by atoms with E-state index in [4.69, 9.17) is 4.74 Å². The van der Waals surface area contributed by atoms with Gasteiger partial charge in [0.25, 0.3) is 0 Å². The molecule has 2 aliphatic heterocycles. The summed E-state index contributed by atoms with van der Waals surface area (Å²) in [5.74, 6) is -3.88. The molecular formula is C19H24N2O7S. The zero-order chi connectivity index (χ0) is 21.7. The molecule has 29 heavy (non-hydrogen) atoms. The number of amides is 1. The molecule has 0 aliphatic carbocycles. The van der Waals surface area contributed by atoms with Gasteiger partial charge in [-0.15, -0.1) is 0 Å². The molecule has 2 fully saturated rings. The first kappa shape index (κ1) is 21.2. The number of ether oxygens (including phenoxy) is 1. The minimum atomic E-state index is -4.05. The van der Waals surface area contributed by atoms with Crippen molar-refractivity contribution in [1.29, 1.82) is 0 Å². The standard InChI is InChI=1S/C19H24N2O7S/c1-10(2)9-12(22)28-14(11-7-5-6-8-20-11)13-16(23)21-15(18(24)25)19(3,4)29(26,27)17(13)21/h5-8,10,13-15,17H,9H2,1-4H3,(H,24,25)/t13-,14+,15+,17-/m1/s1. The molecule has 1 aromatic heterocycles. The van der Waals surface area contributed by atoms with E-state index in [2.05, 4.69) is 4.98 Å². The number of nitrogens with zero attached hydrogens (tertiary/aromatic N) is 2. The van der Waals surface area contributed by atoms with Crippen molar-refractivity contribution in [2.45, 2.75) is 56.4 Å². The Balaban J connectivity index is 2.03. The van der Waals surface area contributed by atoms with E-state index in [0.717, 1.165) is 4.90 Å². The average molecular weight is 424 g/mol. The van der Waals surface area contributed by atoms with E-state index in [0.29, 0.717) is 0 Å². The minimum Gasteiger partial charge on any atom is -0.480 e. The highest BCUT2D eigenvalue weighted by Crippen LogP contribution is 2.52. The molecule has 1 aromatic rings. The molecule has 3 rings (SSSR count). The van der Waals surface area contributed by atoms with Gasteiger partial charge in [0.05, 0.1) is 10.4 Å². The van der Waals surface area contributed by atoms with Crippen LogP contribution in [0.2, 0.25) is 0 Å². The second-order valence-electron chi connectivity index (χ2n) is 8.31. The van der Waals surface area contributed by atoms with Crippen molar-refractivity contribution in [3.05, 3.63) is 30.1 Å². The van der Waals surface area contributed by atoms with Crippen LogP contribution < -0.4 is 0 Å². The van der Waals surface area contributed by atoms with Gasteiger partial charge in [0, 0.05) is 12.6 Å². The topological polar surface area (TPSA) is 131 Å². The van der Waals surface area contributed by atoms with E-state index in [1.165, 1.54) is 20.0 Å². The summed E-state index contributed by atoms with van der Waals surface area (Å²) in [6.45, 7) is 6.25. The van der Waals surface area contributed by atoms with Crippen LogP contribution in [-0.4, -0.2) is 57.4 Å². The molecule has 9 nitrogen and oxygen atoms in total. The summed E-state index contributed by atoms with van der Waals surface area (Å²) in [5.41, 5.74) is 0.245. The second-order valence-corrected chi connectivity index (χ2v) is 10.9. The Hall–Kier alpha value is -2.49. The van der Waals surface area contributed by atoms with Crippen molar-refractivity contribution in [3.8, 4) is 0 Å². The van der Waals surface area contributed by atoms with Gasteiger partial charge in [0.1, 0.15) is 12.0 Å². The summed E-state index contributed by atoms with van der Waals surface area (Å²) in [5, 5.41) is 8.17. The van der Waals surface area contributed by atoms with Crippen LogP contribution in [0.25, 0.3) is 0 Å². The fraction of sp³-hybridized carbons (Fsp3) is 0.579. The maximum absolute atomic E-state index is 13.1. The van der Waals surface area contributed by atoms with E-state index in [9.17, 15) is 27.9 Å². The summed E-state index contributed by atoms with van der Waals surface area (Å²) >= 11 is 0. The Morgan fingerprint density at radius 2 is 1.97 bits per heavy atom. The Bertz CT molecular complexity index is 943. The van der Waals surface area contributed by atoms with Crippen molar-refractivity contribution in [3.63, 3.8) is 0 Å². The molecule has 0 bridgehead atoms. The van der Waals surface area contributed by atoms with Gasteiger partial charge in [-0.2, -0.15) is 0 Å². The smallest absolute Gasteiger partial charge is 0.328 e. The maximum atomic E-state index is 13.1. The van der Waals surface area contributed by atoms with E-state index < -0.39 is 55.9 Å². The third-order valence-corrected chi connectivity index (χ3v) is 8.33. The highest BCUT2D eigenvalue weighted by atomic mass is 32.2. The number of hydrogen-bond acceptors (Lipinski definition) is 7. The van der Waals surface area contributed by atoms with Crippen LogP contribution in [0.15, 0.2) is 24.4 Å². The molecule has 1 amide bonds. The number of sulfone groups is 1. The van der Waals surface area contributed by atoms with Crippen molar-refractivity contribution >= 4 is 27.7 Å². The molecular weight excluding hydrogens is 400 g/mol. The zero-order valence-corrected chi connectivity index (χ0v) is 17.4. The first-order valence-electron chi connectivity index (χ1n) is 9.30. The summed E-state index contributed by atoms with van der Waals surface area (Å²) in [6.07, 6.45) is 0.329. The van der Waals surface area contributed by atoms with Gasteiger partial charge in [-0.05, 0) is 31.9 Å². The van der Waals surface area contributed by atoms with Crippen LogP contribution in [-0.2, 0) is 29.0 Å². The molecule has 0 radical (unpaired) electrons. The number of carboxylic acids is 1. The highest BCUT2D eigenvalue weighted by molar-refractivity contribution is 7.93. The van der Waals surface area contributed by atoms with E-state index in [1.54, 1.807) is 18.2 Å². The van der Waals surface area contributed by atoms with Crippen molar-refractivity contribution in [2.75, 3.05) is 0 Å². The van der Waals surface area contributed by atoms with Crippen molar-refractivity contribution in [1.82, 2.24) is 9.88 Å². The number of rotatable bonds is 6. The number of aliphatic carboxylic acids is 1. The number of β-lactam (4-membered cyclic amide) rings is 1. The summed E-state index contributed by atoms with van der Waals surface area (Å²) in [6, 6.07) is 3.32. The van der Waals surface area contributed by atoms with Crippen LogP contribution in [0, 0.1) is 11.8 Å². The van der Waals surface area contributed by atoms with Crippen LogP contribution in [0.4, 0.5) is 0 Å².